The minimum Gasteiger partial charge on any atom is -0.454 e. The normalized spacial score (nSPS) is 17.0. The van der Waals surface area contributed by atoms with Crippen molar-refractivity contribution in [1.82, 2.24) is 29.7 Å². The number of nitrogens with one attached hydrogen (secondary N) is 1. The number of hydrogen-bond donors (Lipinski definition) is 1. The quantitative estimate of drug-likeness (QED) is 0.286. The molecule has 3 aliphatic rings. The number of rotatable bonds is 9. The van der Waals surface area contributed by atoms with Gasteiger partial charge in [0.1, 0.15) is 35.9 Å². The van der Waals surface area contributed by atoms with E-state index in [0.29, 0.717) is 67.2 Å². The molecule has 1 atom stereocenters. The van der Waals surface area contributed by atoms with E-state index in [0.717, 1.165) is 16.9 Å². The van der Waals surface area contributed by atoms with Crippen LogP contribution in [-0.2, 0) is 22.6 Å². The van der Waals surface area contributed by atoms with Gasteiger partial charge < -0.3 is 29.2 Å². The van der Waals surface area contributed by atoms with Crippen LogP contribution in [0.4, 0.5) is 5.82 Å². The topological polar surface area (TPSA) is 133 Å². The van der Waals surface area contributed by atoms with E-state index in [1.165, 1.54) is 6.33 Å². The van der Waals surface area contributed by atoms with Crippen LogP contribution < -0.4 is 29.2 Å². The molecule has 1 saturated heterocycles. The van der Waals surface area contributed by atoms with Gasteiger partial charge in [-0.05, 0) is 41.8 Å². The first-order valence-electron chi connectivity index (χ1n) is 14.3. The molecule has 1 N–H and O–H groups in total. The second-order valence-corrected chi connectivity index (χ2v) is 10.5. The maximum absolute atomic E-state index is 13.3. The molecule has 44 heavy (non-hydrogen) atoms. The smallest absolute Gasteiger partial charge is 0.231 e. The van der Waals surface area contributed by atoms with Crippen LogP contribution in [0.1, 0.15) is 17.5 Å². The number of fused-ring (bicyclic) bond motifs is 2. The van der Waals surface area contributed by atoms with E-state index in [2.05, 4.69) is 31.1 Å². The molecule has 5 heterocycles. The van der Waals surface area contributed by atoms with Crippen molar-refractivity contribution in [1.29, 1.82) is 0 Å². The Bertz CT molecular complexity index is 1720. The van der Waals surface area contributed by atoms with Crippen molar-refractivity contribution < 1.29 is 28.5 Å². The lowest BCUT2D eigenvalue weighted by atomic mass is 10.0. The third kappa shape index (κ3) is 5.65. The summed E-state index contributed by atoms with van der Waals surface area (Å²) in [5.41, 5.74) is 2.33. The second kappa shape index (κ2) is 12.1. The maximum Gasteiger partial charge on any atom is 0.231 e. The molecule has 1 unspecified atom stereocenters. The zero-order valence-corrected chi connectivity index (χ0v) is 23.7. The van der Waals surface area contributed by atoms with Crippen LogP contribution in [0.2, 0.25) is 0 Å². The van der Waals surface area contributed by atoms with Crippen molar-refractivity contribution in [2.24, 2.45) is 0 Å². The summed E-state index contributed by atoms with van der Waals surface area (Å²) in [6.07, 6.45) is 7.21. The Morgan fingerprint density at radius 2 is 1.64 bits per heavy atom. The fraction of sp³-hybridized carbons (Fsp3) is 0.290. The number of aromatic nitrogens is 4. The van der Waals surface area contributed by atoms with Gasteiger partial charge in [-0.15, -0.1) is 0 Å². The van der Waals surface area contributed by atoms with Crippen LogP contribution in [0.15, 0.2) is 73.2 Å². The molecule has 13 nitrogen and oxygen atoms in total. The summed E-state index contributed by atoms with van der Waals surface area (Å²) in [5.74, 6) is 5.92. The molecular formula is C31H29N7O6. The van der Waals surface area contributed by atoms with Gasteiger partial charge in [-0.3, -0.25) is 14.3 Å². The van der Waals surface area contributed by atoms with Gasteiger partial charge in [0.05, 0.1) is 6.04 Å². The van der Waals surface area contributed by atoms with E-state index in [4.69, 9.17) is 18.9 Å². The number of hydrogen-bond acceptors (Lipinski definition) is 11. The highest BCUT2D eigenvalue weighted by Crippen LogP contribution is 2.35. The predicted octanol–water partition coefficient (Wildman–Crippen LogP) is 2.27. The Morgan fingerprint density at radius 3 is 2.39 bits per heavy atom. The number of imidazole rings is 1. The number of carbonyl (C=O) groups excluding carboxylic acids is 2. The van der Waals surface area contributed by atoms with Crippen LogP contribution in [0, 0.1) is 0 Å². The van der Waals surface area contributed by atoms with Crippen LogP contribution >= 0.6 is 0 Å². The first-order chi connectivity index (χ1) is 21.6. The van der Waals surface area contributed by atoms with Crippen molar-refractivity contribution >= 4 is 17.7 Å². The summed E-state index contributed by atoms with van der Waals surface area (Å²) >= 11 is 0. The number of amides is 1. The van der Waals surface area contributed by atoms with Crippen molar-refractivity contribution in [3.05, 3.63) is 84.3 Å². The summed E-state index contributed by atoms with van der Waals surface area (Å²) in [4.78, 5) is 42.8. The summed E-state index contributed by atoms with van der Waals surface area (Å²) in [6, 6.07) is 12.8. The van der Waals surface area contributed by atoms with Gasteiger partial charge in [0.15, 0.2) is 23.0 Å². The van der Waals surface area contributed by atoms with Crippen molar-refractivity contribution in [3.8, 4) is 28.8 Å². The van der Waals surface area contributed by atoms with Crippen LogP contribution in [-0.4, -0.2) is 75.5 Å². The first kappa shape index (κ1) is 27.4. The summed E-state index contributed by atoms with van der Waals surface area (Å²) in [7, 11) is 0. The van der Waals surface area contributed by atoms with Gasteiger partial charge in [-0.1, -0.05) is 12.1 Å². The third-order valence-corrected chi connectivity index (χ3v) is 7.82. The molecule has 0 radical (unpaired) electrons. The molecule has 2 aromatic carbocycles. The second-order valence-electron chi connectivity index (χ2n) is 10.5. The Labute approximate surface area is 252 Å². The molecule has 0 bridgehead atoms. The number of carbonyl (C=O) groups is 1. The Morgan fingerprint density at radius 1 is 0.909 bits per heavy atom. The highest BCUT2D eigenvalue weighted by atomic mass is 16.7. The van der Waals surface area contributed by atoms with Crippen molar-refractivity contribution in [3.63, 3.8) is 0 Å². The average Bonchev–Trinajstić information content (AvgIpc) is 3.84. The molecule has 0 spiro atoms. The van der Waals surface area contributed by atoms with Gasteiger partial charge in [0.25, 0.3) is 0 Å². The zero-order valence-electron chi connectivity index (χ0n) is 23.7. The van der Waals surface area contributed by atoms with E-state index in [9.17, 15) is 9.59 Å². The first-order valence-corrected chi connectivity index (χ1v) is 14.3. The number of piperazine rings is 1. The fourth-order valence-electron chi connectivity index (χ4n) is 5.62. The molecule has 0 saturated carbocycles. The summed E-state index contributed by atoms with van der Waals surface area (Å²) in [5, 5.41) is 3.02. The molecule has 224 valence electrons. The predicted molar refractivity (Wildman–Crippen MR) is 156 cm³/mol. The maximum atomic E-state index is 13.3. The summed E-state index contributed by atoms with van der Waals surface area (Å²) < 4.78 is 23.6. The van der Waals surface area contributed by atoms with Gasteiger partial charge in [0.2, 0.25) is 19.5 Å². The van der Waals surface area contributed by atoms with Crippen molar-refractivity contribution in [2.45, 2.75) is 25.4 Å². The van der Waals surface area contributed by atoms with Gasteiger partial charge in [-0.2, -0.15) is 0 Å². The molecule has 0 aliphatic carbocycles. The number of benzene rings is 2. The molecule has 1 fully saturated rings. The standard InChI is InChI=1S/C31H29N7O6/c39-16-24-23(13-31(40)33-6-5-21-1-3-25-27(11-21)43-19-41-25)36(15-22-2-4-26-28(12-22)44-20-42-26)9-10-38(24)30-14-29(34-17-35-30)37-8-7-32-18-37/h1-4,7-8,11-12,14,17-18,23H,5-6,9-10,13,15,19-20H2,(H,33,40). The van der Waals surface area contributed by atoms with E-state index < -0.39 is 6.04 Å². The average molecular weight is 596 g/mol. The molecule has 4 aromatic rings. The number of nitrogens with zero attached hydrogens (tertiary/aromatic N) is 6. The van der Waals surface area contributed by atoms with Crippen LogP contribution in [0.3, 0.4) is 0 Å². The van der Waals surface area contributed by atoms with E-state index >= 15 is 0 Å². The SMILES string of the molecule is O=C=C1C(CC(=O)NCCc2ccc3c(c2)OCO3)N(Cc2ccc3c(c2)OCO3)CCN1c1cc(-n2ccnc2)ncn1. The van der Waals surface area contributed by atoms with E-state index in [1.54, 1.807) is 29.4 Å². The Hall–Kier alpha value is -5.39. The third-order valence-electron chi connectivity index (χ3n) is 7.82. The fourth-order valence-corrected chi connectivity index (χ4v) is 5.62. The van der Waals surface area contributed by atoms with Gasteiger partial charge in [-0.25, -0.2) is 19.7 Å². The van der Waals surface area contributed by atoms with Gasteiger partial charge in [0, 0.05) is 51.1 Å². The highest BCUT2D eigenvalue weighted by Gasteiger charge is 2.36. The van der Waals surface area contributed by atoms with E-state index in [-0.39, 0.29) is 25.9 Å². The van der Waals surface area contributed by atoms with E-state index in [1.807, 2.05) is 41.3 Å². The Balaban J connectivity index is 1.09. The number of ether oxygens (including phenoxy) is 4. The summed E-state index contributed by atoms with van der Waals surface area (Å²) in [6.45, 7) is 2.36. The lowest BCUT2D eigenvalue weighted by Gasteiger charge is -2.42. The molecule has 3 aliphatic heterocycles. The van der Waals surface area contributed by atoms with Gasteiger partial charge >= 0.3 is 0 Å². The molecular weight excluding hydrogens is 566 g/mol. The molecule has 7 rings (SSSR count). The minimum absolute atomic E-state index is 0.0617. The van der Waals surface area contributed by atoms with Crippen LogP contribution in [0.5, 0.6) is 23.0 Å². The monoisotopic (exact) mass is 595 g/mol. The number of anilines is 1. The minimum atomic E-state index is -0.552. The Kier molecular flexibility index (Phi) is 7.53. The highest BCUT2D eigenvalue weighted by molar-refractivity contribution is 5.79. The largest absolute Gasteiger partial charge is 0.454 e. The molecule has 13 heteroatoms. The van der Waals surface area contributed by atoms with Crippen LogP contribution in [0.25, 0.3) is 5.82 Å². The van der Waals surface area contributed by atoms with Crippen molar-refractivity contribution in [2.75, 3.05) is 38.1 Å². The lowest BCUT2D eigenvalue weighted by molar-refractivity contribution is -0.122. The lowest BCUT2D eigenvalue weighted by Crippen LogP contribution is -2.53. The molecule has 1 amide bonds. The zero-order chi connectivity index (χ0) is 29.9. The molecule has 2 aromatic heterocycles.